The topological polar surface area (TPSA) is 90.7 Å². The van der Waals surface area contributed by atoms with Gasteiger partial charge in [0.15, 0.2) is 0 Å². The quantitative estimate of drug-likeness (QED) is 0.171. The maximum absolute atomic E-state index is 12.9. The van der Waals surface area contributed by atoms with Crippen molar-refractivity contribution in [3.05, 3.63) is 107 Å². The van der Waals surface area contributed by atoms with E-state index in [2.05, 4.69) is 4.57 Å². The van der Waals surface area contributed by atoms with E-state index in [4.69, 9.17) is 26.1 Å². The lowest BCUT2D eigenvalue weighted by molar-refractivity contribution is 0.00691. The Morgan fingerprint density at radius 2 is 1.54 bits per heavy atom. The van der Waals surface area contributed by atoms with Crippen LogP contribution in [0, 0.1) is 0 Å². The Kier molecular flexibility index (Phi) is 8.87. The average molecular weight is 637 g/mol. The minimum atomic E-state index is -0.965. The molecule has 4 aromatic carbocycles. The van der Waals surface area contributed by atoms with Crippen LogP contribution in [0.3, 0.4) is 0 Å². The summed E-state index contributed by atoms with van der Waals surface area (Å²) >= 11 is 6.15. The first-order chi connectivity index (χ1) is 22.1. The summed E-state index contributed by atoms with van der Waals surface area (Å²) in [6.45, 7) is 5.76. The van der Waals surface area contributed by atoms with Crippen molar-refractivity contribution in [3.63, 3.8) is 0 Å². The smallest absolute Gasteiger partial charge is 0.338 e. The molecule has 1 aliphatic rings. The second-order valence-corrected chi connectivity index (χ2v) is 13.2. The highest BCUT2D eigenvalue weighted by atomic mass is 35.5. The van der Waals surface area contributed by atoms with E-state index in [1.807, 2.05) is 87.5 Å². The summed E-state index contributed by atoms with van der Waals surface area (Å²) in [6.07, 6.45) is 5.69. The van der Waals surface area contributed by atoms with Crippen LogP contribution in [-0.4, -0.2) is 32.2 Å². The molecule has 0 saturated heterocycles. The van der Waals surface area contributed by atoms with E-state index in [0.29, 0.717) is 27.9 Å². The van der Waals surface area contributed by atoms with Crippen LogP contribution >= 0.6 is 11.6 Å². The number of esters is 1. The summed E-state index contributed by atoms with van der Waals surface area (Å²) in [5.74, 6) is 0.137. The first-order valence-electron chi connectivity index (χ1n) is 15.7. The number of ether oxygens (including phenoxy) is 2. The monoisotopic (exact) mass is 636 g/mol. The molecule has 0 bridgehead atoms. The van der Waals surface area contributed by atoms with Crippen LogP contribution in [0.1, 0.15) is 85.2 Å². The molecule has 1 aromatic heterocycles. The number of nitrogens with zero attached hydrogens (tertiary/aromatic N) is 2. The van der Waals surface area contributed by atoms with Crippen LogP contribution in [-0.2, 0) is 11.3 Å². The van der Waals surface area contributed by atoms with Crippen LogP contribution in [0.5, 0.6) is 5.75 Å². The number of hydrogen-bond acceptors (Lipinski definition) is 5. The Hall–Kier alpha value is -4.62. The number of carboxylic acid groups (broad SMARTS) is 1. The number of benzene rings is 4. The Bertz CT molecular complexity index is 1880. The minimum Gasteiger partial charge on any atom is -0.489 e. The Morgan fingerprint density at radius 1 is 0.870 bits per heavy atom. The molecule has 0 atom stereocenters. The molecule has 0 spiro atoms. The SMILES string of the molecule is CC(C)(C)OC(=O)c1ccc(-c2ccc(Cl)cc2)c(COc2ccc(-c3nc4cc(C(=O)O)ccc4n3C3CCCCC3)cc2)c1. The van der Waals surface area contributed by atoms with Crippen molar-refractivity contribution in [3.8, 4) is 28.3 Å². The van der Waals surface area contributed by atoms with Gasteiger partial charge in [-0.3, -0.25) is 0 Å². The molecule has 5 aromatic rings. The van der Waals surface area contributed by atoms with Crippen LogP contribution in [0.25, 0.3) is 33.5 Å². The van der Waals surface area contributed by atoms with Crippen LogP contribution in [0.15, 0.2) is 84.9 Å². The summed E-state index contributed by atoms with van der Waals surface area (Å²) in [4.78, 5) is 29.5. The number of hydrogen-bond donors (Lipinski definition) is 1. The van der Waals surface area contributed by atoms with Gasteiger partial charge in [-0.2, -0.15) is 0 Å². The second kappa shape index (κ2) is 13.0. The number of halogens is 1. The molecule has 1 heterocycles. The maximum Gasteiger partial charge on any atom is 0.338 e. The van der Waals surface area contributed by atoms with Crippen molar-refractivity contribution < 1.29 is 24.2 Å². The molecule has 0 unspecified atom stereocenters. The van der Waals surface area contributed by atoms with Gasteiger partial charge in [0.25, 0.3) is 0 Å². The first kappa shape index (κ1) is 31.4. The van der Waals surface area contributed by atoms with Gasteiger partial charge in [0.1, 0.15) is 23.8 Å². The molecule has 6 rings (SSSR count). The van der Waals surface area contributed by atoms with Gasteiger partial charge >= 0.3 is 11.9 Å². The van der Waals surface area contributed by atoms with Crippen molar-refractivity contribution in [2.45, 2.75) is 71.1 Å². The maximum atomic E-state index is 12.9. The van der Waals surface area contributed by atoms with Crippen LogP contribution in [0.2, 0.25) is 5.02 Å². The van der Waals surface area contributed by atoms with Crippen molar-refractivity contribution >= 4 is 34.6 Å². The molecule has 7 nitrogen and oxygen atoms in total. The average Bonchev–Trinajstić information content (AvgIpc) is 3.43. The molecule has 1 fully saturated rings. The van der Waals surface area contributed by atoms with Crippen molar-refractivity contribution in [2.24, 2.45) is 0 Å². The lowest BCUT2D eigenvalue weighted by atomic mass is 9.95. The summed E-state index contributed by atoms with van der Waals surface area (Å²) in [6, 6.07) is 26.4. The number of carboxylic acids is 1. The van der Waals surface area contributed by atoms with Gasteiger partial charge in [-0.15, -0.1) is 0 Å². The van der Waals surface area contributed by atoms with E-state index >= 15 is 0 Å². The molecule has 236 valence electrons. The number of carbonyl (C=O) groups excluding carboxylic acids is 1. The summed E-state index contributed by atoms with van der Waals surface area (Å²) in [5.41, 5.74) is 5.36. The highest BCUT2D eigenvalue weighted by Crippen LogP contribution is 2.37. The van der Waals surface area contributed by atoms with E-state index in [0.717, 1.165) is 59.3 Å². The van der Waals surface area contributed by atoms with Crippen LogP contribution in [0.4, 0.5) is 0 Å². The van der Waals surface area contributed by atoms with E-state index in [9.17, 15) is 14.7 Å². The highest BCUT2D eigenvalue weighted by Gasteiger charge is 2.23. The van der Waals surface area contributed by atoms with E-state index < -0.39 is 17.5 Å². The zero-order chi connectivity index (χ0) is 32.4. The summed E-state index contributed by atoms with van der Waals surface area (Å²) < 4.78 is 14.2. The van der Waals surface area contributed by atoms with Crippen LogP contribution < -0.4 is 4.74 Å². The van der Waals surface area contributed by atoms with Gasteiger partial charge in [-0.1, -0.05) is 49.1 Å². The fourth-order valence-corrected chi connectivity index (χ4v) is 6.22. The molecule has 1 N–H and O–H groups in total. The molecule has 0 amide bonds. The van der Waals surface area contributed by atoms with Crippen molar-refractivity contribution in [1.29, 1.82) is 0 Å². The molecule has 8 heteroatoms. The number of aromatic nitrogens is 2. The number of carbonyl (C=O) groups is 2. The largest absolute Gasteiger partial charge is 0.489 e. The van der Waals surface area contributed by atoms with Gasteiger partial charge in [-0.05, 0) is 117 Å². The van der Waals surface area contributed by atoms with Crippen molar-refractivity contribution in [1.82, 2.24) is 9.55 Å². The normalized spacial score (nSPS) is 13.9. The highest BCUT2D eigenvalue weighted by molar-refractivity contribution is 6.30. The Balaban J connectivity index is 1.29. The van der Waals surface area contributed by atoms with E-state index in [1.165, 1.54) is 6.42 Å². The predicted molar refractivity (Wildman–Crippen MR) is 181 cm³/mol. The van der Waals surface area contributed by atoms with Gasteiger partial charge in [-0.25, -0.2) is 14.6 Å². The lowest BCUT2D eigenvalue weighted by Crippen LogP contribution is -2.24. The fraction of sp³-hybridized carbons (Fsp3) is 0.289. The zero-order valence-corrected chi connectivity index (χ0v) is 27.0. The van der Waals surface area contributed by atoms with E-state index in [-0.39, 0.29) is 12.2 Å². The third-order valence-electron chi connectivity index (χ3n) is 8.28. The molecule has 1 saturated carbocycles. The third kappa shape index (κ3) is 6.95. The Labute approximate surface area is 273 Å². The molecule has 46 heavy (non-hydrogen) atoms. The molecule has 0 aliphatic heterocycles. The van der Waals surface area contributed by atoms with Crippen molar-refractivity contribution in [2.75, 3.05) is 0 Å². The van der Waals surface area contributed by atoms with Gasteiger partial charge in [0, 0.05) is 16.6 Å². The number of fused-ring (bicyclic) bond motifs is 1. The number of imidazole rings is 1. The Morgan fingerprint density at radius 3 is 2.22 bits per heavy atom. The number of rotatable bonds is 8. The van der Waals surface area contributed by atoms with Gasteiger partial charge in [0.2, 0.25) is 0 Å². The molecular formula is C38H37ClN2O5. The summed E-state index contributed by atoms with van der Waals surface area (Å²) in [5, 5.41) is 10.2. The van der Waals surface area contributed by atoms with Gasteiger partial charge < -0.3 is 19.1 Å². The predicted octanol–water partition coefficient (Wildman–Crippen LogP) is 9.76. The third-order valence-corrected chi connectivity index (χ3v) is 8.53. The fourth-order valence-electron chi connectivity index (χ4n) is 6.09. The molecule has 1 aliphatic carbocycles. The minimum absolute atomic E-state index is 0.227. The lowest BCUT2D eigenvalue weighted by Gasteiger charge is -2.25. The summed E-state index contributed by atoms with van der Waals surface area (Å²) in [7, 11) is 0. The first-order valence-corrected chi connectivity index (χ1v) is 16.0. The van der Waals surface area contributed by atoms with E-state index in [1.54, 1.807) is 18.2 Å². The number of aromatic carboxylic acids is 1. The standard InChI is InChI=1S/C38H37ClN2O5/c1-38(2,3)46-37(44)27-13-19-32(24-9-15-29(39)16-10-24)28(21-27)23-45-31-17-11-25(12-18-31)35-40-33-22-26(36(42)43)14-20-34(33)41(35)30-7-5-4-6-8-30/h9-22,30H,4-8,23H2,1-3H3,(H,42,43). The zero-order valence-electron chi connectivity index (χ0n) is 26.3. The van der Waals surface area contributed by atoms with Gasteiger partial charge in [0.05, 0.1) is 22.2 Å². The molecule has 0 radical (unpaired) electrons. The molecular weight excluding hydrogens is 600 g/mol. The second-order valence-electron chi connectivity index (χ2n) is 12.8.